The molecule has 0 aromatic heterocycles. The van der Waals surface area contributed by atoms with E-state index in [1.54, 1.807) is 0 Å². The smallest absolute Gasteiger partial charge is 0.222 e. The summed E-state index contributed by atoms with van der Waals surface area (Å²) in [7, 11) is 0. The minimum Gasteiger partial charge on any atom is -0.394 e. The lowest BCUT2D eigenvalue weighted by molar-refractivity contribution is -0.125. The predicted octanol–water partition coefficient (Wildman–Crippen LogP) is 19.8. The second-order valence-electron chi connectivity index (χ2n) is 22.0. The average molecular weight is 961 g/mol. The van der Waals surface area contributed by atoms with E-state index in [1.807, 2.05) is 0 Å². The summed E-state index contributed by atoms with van der Waals surface area (Å²) < 4.78 is 0. The summed E-state index contributed by atoms with van der Waals surface area (Å²) in [6.07, 6.45) is 74.0. The van der Waals surface area contributed by atoms with Gasteiger partial charge in [-0.3, -0.25) is 4.79 Å². The number of hydrogen-bond acceptors (Lipinski definition) is 4. The molecular formula is C63H125NO4. The molecule has 3 unspecified atom stereocenters. The fourth-order valence-corrected chi connectivity index (χ4v) is 10.3. The van der Waals surface area contributed by atoms with Crippen LogP contribution in [0.2, 0.25) is 0 Å². The Kier molecular flexibility index (Phi) is 57.9. The molecule has 68 heavy (non-hydrogen) atoms. The molecule has 0 fully saturated rings. The van der Waals surface area contributed by atoms with Crippen LogP contribution in [-0.4, -0.2) is 46.1 Å². The summed E-state index contributed by atoms with van der Waals surface area (Å²) in [5.74, 6) is -0.276. The van der Waals surface area contributed by atoms with Gasteiger partial charge in [-0.2, -0.15) is 0 Å². The molecule has 0 aromatic carbocycles. The highest BCUT2D eigenvalue weighted by molar-refractivity contribution is 5.76. The Morgan fingerprint density at radius 2 is 0.588 bits per heavy atom. The first-order valence-electron chi connectivity index (χ1n) is 31.5. The number of hydrogen-bond donors (Lipinski definition) is 4. The molecule has 5 nitrogen and oxygen atoms in total. The maximum absolute atomic E-state index is 12.6. The Labute approximate surface area is 427 Å². The van der Waals surface area contributed by atoms with Crippen molar-refractivity contribution < 1.29 is 20.1 Å². The fraction of sp³-hybridized carbons (Fsp3) is 0.952. The quantitative estimate of drug-likeness (QED) is 0.0361. The molecule has 0 bridgehead atoms. The summed E-state index contributed by atoms with van der Waals surface area (Å²) in [5, 5.41) is 33.7. The first-order valence-corrected chi connectivity index (χ1v) is 31.5. The molecule has 406 valence electrons. The fourth-order valence-electron chi connectivity index (χ4n) is 10.3. The van der Waals surface area contributed by atoms with Gasteiger partial charge in [0.15, 0.2) is 0 Å². The molecule has 1 amide bonds. The lowest BCUT2D eigenvalue weighted by Crippen LogP contribution is -2.46. The molecule has 0 aliphatic carbocycles. The second-order valence-corrected chi connectivity index (χ2v) is 22.0. The van der Waals surface area contributed by atoms with Gasteiger partial charge in [0.1, 0.15) is 0 Å². The molecule has 3 atom stereocenters. The molecule has 0 aliphatic heterocycles. The van der Waals surface area contributed by atoms with Crippen molar-refractivity contribution in [1.82, 2.24) is 5.32 Å². The van der Waals surface area contributed by atoms with E-state index >= 15 is 0 Å². The SMILES string of the molecule is CCCCCCCCCCCCCCCCCC/C=C\CCCCCCCCCCCCCCCCCC(O)CC(=O)NC(CO)C(O)CCCCCCCCCCCCCCCCCCCC. The molecule has 0 rings (SSSR count). The average Bonchev–Trinajstić information content (AvgIpc) is 3.33. The first-order chi connectivity index (χ1) is 33.5. The standard InChI is InChI=1S/C63H125NO4/c1-3-5-7-9-11-13-15-17-19-21-23-24-25-26-27-28-29-30-31-32-33-34-35-36-37-38-39-40-42-44-46-48-50-52-54-56-60(66)58-63(68)64-61(59-65)62(67)57-55-53-51-49-47-45-43-41-22-20-18-16-14-12-10-8-6-4-2/h30-31,60-62,65-67H,3-29,32-59H2,1-2H3,(H,64,68)/b31-30-. The van der Waals surface area contributed by atoms with Gasteiger partial charge in [0, 0.05) is 0 Å². The number of nitrogens with one attached hydrogen (secondary N) is 1. The molecule has 4 N–H and O–H groups in total. The van der Waals surface area contributed by atoms with Crippen molar-refractivity contribution in [2.75, 3.05) is 6.61 Å². The number of aliphatic hydroxyl groups excluding tert-OH is 3. The van der Waals surface area contributed by atoms with Gasteiger partial charge < -0.3 is 20.6 Å². The van der Waals surface area contributed by atoms with Crippen LogP contribution < -0.4 is 5.32 Å². The van der Waals surface area contributed by atoms with E-state index in [1.165, 1.54) is 302 Å². The van der Waals surface area contributed by atoms with Gasteiger partial charge in [-0.05, 0) is 38.5 Å². The Balaban J connectivity index is 3.44. The molecule has 0 saturated carbocycles. The molecule has 0 aliphatic rings. The lowest BCUT2D eigenvalue weighted by atomic mass is 10.0. The molecule has 5 heteroatoms. The third-order valence-electron chi connectivity index (χ3n) is 15.1. The summed E-state index contributed by atoms with van der Waals surface area (Å²) in [5.41, 5.74) is 0. The maximum Gasteiger partial charge on any atom is 0.222 e. The zero-order chi connectivity index (χ0) is 49.3. The molecule has 0 spiro atoms. The van der Waals surface area contributed by atoms with Crippen LogP contribution in [0.1, 0.15) is 361 Å². The highest BCUT2D eigenvalue weighted by atomic mass is 16.3. The lowest BCUT2D eigenvalue weighted by Gasteiger charge is -2.23. The zero-order valence-corrected chi connectivity index (χ0v) is 46.5. The Hall–Kier alpha value is -0.910. The van der Waals surface area contributed by atoms with E-state index < -0.39 is 18.2 Å². The topological polar surface area (TPSA) is 89.8 Å². The van der Waals surface area contributed by atoms with E-state index in [9.17, 15) is 20.1 Å². The Morgan fingerprint density at radius 1 is 0.353 bits per heavy atom. The van der Waals surface area contributed by atoms with Crippen LogP contribution in [-0.2, 0) is 4.79 Å². The molecular weight excluding hydrogens is 835 g/mol. The summed E-state index contributed by atoms with van der Waals surface area (Å²) in [6, 6.07) is -0.656. The third-order valence-corrected chi connectivity index (χ3v) is 15.1. The summed E-state index contributed by atoms with van der Waals surface area (Å²) in [4.78, 5) is 12.6. The van der Waals surface area contributed by atoms with Crippen molar-refractivity contribution in [1.29, 1.82) is 0 Å². The monoisotopic (exact) mass is 960 g/mol. The highest BCUT2D eigenvalue weighted by Crippen LogP contribution is 2.19. The minimum absolute atomic E-state index is 0.0413. The van der Waals surface area contributed by atoms with Gasteiger partial charge in [0.2, 0.25) is 5.91 Å². The van der Waals surface area contributed by atoms with Gasteiger partial charge in [0.25, 0.3) is 0 Å². The van der Waals surface area contributed by atoms with Gasteiger partial charge in [-0.1, -0.05) is 328 Å². The number of rotatable bonds is 59. The van der Waals surface area contributed by atoms with Crippen LogP contribution in [0.5, 0.6) is 0 Å². The number of aliphatic hydroxyl groups is 3. The number of carbonyl (C=O) groups excluding carboxylic acids is 1. The minimum atomic E-state index is -0.747. The van der Waals surface area contributed by atoms with Crippen molar-refractivity contribution in [2.24, 2.45) is 0 Å². The predicted molar refractivity (Wildman–Crippen MR) is 301 cm³/mol. The number of unbranched alkanes of at least 4 members (excludes halogenated alkanes) is 48. The van der Waals surface area contributed by atoms with Gasteiger partial charge >= 0.3 is 0 Å². The van der Waals surface area contributed by atoms with E-state index in [-0.39, 0.29) is 18.9 Å². The largest absolute Gasteiger partial charge is 0.394 e. The van der Waals surface area contributed by atoms with Gasteiger partial charge in [0.05, 0.1) is 31.3 Å². The van der Waals surface area contributed by atoms with E-state index in [2.05, 4.69) is 31.3 Å². The molecule has 0 aromatic rings. The number of amides is 1. The van der Waals surface area contributed by atoms with Crippen molar-refractivity contribution >= 4 is 5.91 Å². The van der Waals surface area contributed by atoms with Crippen molar-refractivity contribution in [2.45, 2.75) is 379 Å². The van der Waals surface area contributed by atoms with Crippen molar-refractivity contribution in [3.63, 3.8) is 0 Å². The number of carbonyl (C=O) groups is 1. The van der Waals surface area contributed by atoms with Crippen LogP contribution in [0.15, 0.2) is 12.2 Å². The first kappa shape index (κ1) is 67.1. The molecule has 0 saturated heterocycles. The van der Waals surface area contributed by atoms with E-state index in [0.29, 0.717) is 12.8 Å². The van der Waals surface area contributed by atoms with Crippen molar-refractivity contribution in [3.8, 4) is 0 Å². The third kappa shape index (κ3) is 54.4. The maximum atomic E-state index is 12.6. The normalized spacial score (nSPS) is 13.2. The summed E-state index contributed by atoms with van der Waals surface area (Å²) >= 11 is 0. The van der Waals surface area contributed by atoms with E-state index in [4.69, 9.17) is 0 Å². The Morgan fingerprint density at radius 3 is 0.853 bits per heavy atom. The molecule has 0 heterocycles. The number of allylic oxidation sites excluding steroid dienone is 2. The van der Waals surface area contributed by atoms with Crippen molar-refractivity contribution in [3.05, 3.63) is 12.2 Å². The van der Waals surface area contributed by atoms with Crippen LogP contribution in [0.4, 0.5) is 0 Å². The molecule has 0 radical (unpaired) electrons. The van der Waals surface area contributed by atoms with Gasteiger partial charge in [-0.25, -0.2) is 0 Å². The Bertz CT molecular complexity index is 971. The van der Waals surface area contributed by atoms with E-state index in [0.717, 1.165) is 25.7 Å². The zero-order valence-electron chi connectivity index (χ0n) is 46.5. The second kappa shape index (κ2) is 58.7. The van der Waals surface area contributed by atoms with Crippen LogP contribution in [0, 0.1) is 0 Å². The van der Waals surface area contributed by atoms with Crippen LogP contribution in [0.3, 0.4) is 0 Å². The summed E-state index contributed by atoms with van der Waals surface area (Å²) in [6.45, 7) is 4.31. The highest BCUT2D eigenvalue weighted by Gasteiger charge is 2.21. The van der Waals surface area contributed by atoms with Crippen LogP contribution in [0.25, 0.3) is 0 Å². The van der Waals surface area contributed by atoms with Crippen LogP contribution >= 0.6 is 0 Å². The van der Waals surface area contributed by atoms with Gasteiger partial charge in [-0.15, -0.1) is 0 Å².